The van der Waals surface area contributed by atoms with E-state index in [2.05, 4.69) is 11.3 Å². The molecular weight excluding hydrogens is 134 g/mol. The van der Waals surface area contributed by atoms with E-state index < -0.39 is 18.6 Å². The molecule has 0 aliphatic heterocycles. The lowest BCUT2D eigenvalue weighted by atomic mass is 10.3. The zero-order valence-electron chi connectivity index (χ0n) is 5.62. The van der Waals surface area contributed by atoms with Gasteiger partial charge in [-0.15, -0.1) is 0 Å². The van der Waals surface area contributed by atoms with Crippen LogP contribution in [0.2, 0.25) is 0 Å². The molecule has 0 radical (unpaired) electrons. The average Bonchev–Trinajstić information content (AvgIpc) is 1.98. The number of esters is 1. The Morgan fingerprint density at radius 1 is 1.90 bits per heavy atom. The van der Waals surface area contributed by atoms with Crippen LogP contribution in [0.1, 0.15) is 0 Å². The predicted molar refractivity (Wildman–Crippen MR) is 36.2 cm³/mol. The van der Waals surface area contributed by atoms with Crippen molar-refractivity contribution in [1.29, 1.82) is 0 Å². The van der Waals surface area contributed by atoms with Crippen LogP contribution >= 0.6 is 0 Å². The molecule has 0 heterocycles. The molecule has 0 saturated heterocycles. The standard InChI is InChI=1S/C6H11NO3/c1-2-3-10-6(9)5(7)4-8/h2,5,8H,1,3-4,7H2/t5-/m0/s1. The molecule has 4 heteroatoms. The second-order valence-corrected chi connectivity index (χ2v) is 1.71. The Balaban J connectivity index is 3.51. The first-order valence-electron chi connectivity index (χ1n) is 2.86. The lowest BCUT2D eigenvalue weighted by Gasteiger charge is -2.05. The van der Waals surface area contributed by atoms with E-state index in [-0.39, 0.29) is 6.61 Å². The zero-order valence-corrected chi connectivity index (χ0v) is 5.62. The van der Waals surface area contributed by atoms with Crippen molar-refractivity contribution in [3.63, 3.8) is 0 Å². The third kappa shape index (κ3) is 3.21. The van der Waals surface area contributed by atoms with Crippen molar-refractivity contribution in [2.24, 2.45) is 5.73 Å². The number of ether oxygens (including phenoxy) is 1. The summed E-state index contributed by atoms with van der Waals surface area (Å²) in [5, 5.41) is 8.35. The molecule has 0 aromatic carbocycles. The molecule has 10 heavy (non-hydrogen) atoms. The molecule has 0 aromatic rings. The molecule has 0 fully saturated rings. The van der Waals surface area contributed by atoms with E-state index in [9.17, 15) is 4.79 Å². The number of nitrogens with two attached hydrogens (primary N) is 1. The summed E-state index contributed by atoms with van der Waals surface area (Å²) in [5.74, 6) is -0.609. The molecule has 0 rings (SSSR count). The minimum absolute atomic E-state index is 0.131. The van der Waals surface area contributed by atoms with E-state index in [0.717, 1.165) is 0 Å². The summed E-state index contributed by atoms with van der Waals surface area (Å²) < 4.78 is 4.50. The first-order valence-corrected chi connectivity index (χ1v) is 2.86. The van der Waals surface area contributed by atoms with Crippen molar-refractivity contribution in [2.75, 3.05) is 13.2 Å². The number of aliphatic hydroxyl groups is 1. The third-order valence-electron chi connectivity index (χ3n) is 0.843. The molecule has 0 spiro atoms. The minimum atomic E-state index is -0.931. The normalized spacial score (nSPS) is 12.2. The van der Waals surface area contributed by atoms with Gasteiger partial charge in [0, 0.05) is 0 Å². The van der Waals surface area contributed by atoms with Gasteiger partial charge < -0.3 is 15.6 Å². The van der Waals surface area contributed by atoms with Crippen LogP contribution in [-0.4, -0.2) is 30.3 Å². The van der Waals surface area contributed by atoms with Crippen LogP contribution in [0.25, 0.3) is 0 Å². The van der Waals surface area contributed by atoms with Crippen molar-refractivity contribution >= 4 is 5.97 Å². The molecule has 1 atom stereocenters. The third-order valence-corrected chi connectivity index (χ3v) is 0.843. The number of hydrogen-bond donors (Lipinski definition) is 2. The topological polar surface area (TPSA) is 72.5 Å². The van der Waals surface area contributed by atoms with Crippen molar-refractivity contribution in [2.45, 2.75) is 6.04 Å². The first-order chi connectivity index (χ1) is 4.72. The number of carbonyl (C=O) groups is 1. The van der Waals surface area contributed by atoms with Gasteiger partial charge in [0.1, 0.15) is 12.6 Å². The maximum atomic E-state index is 10.6. The highest BCUT2D eigenvalue weighted by atomic mass is 16.5. The Morgan fingerprint density at radius 3 is 2.90 bits per heavy atom. The number of carbonyl (C=O) groups excluding carboxylic acids is 1. The fraction of sp³-hybridized carbons (Fsp3) is 0.500. The summed E-state index contributed by atoms with van der Waals surface area (Å²) in [7, 11) is 0. The molecule has 0 aliphatic carbocycles. The monoisotopic (exact) mass is 145 g/mol. The summed E-state index contributed by atoms with van der Waals surface area (Å²) in [5.41, 5.74) is 5.10. The van der Waals surface area contributed by atoms with Gasteiger partial charge in [-0.2, -0.15) is 0 Å². The highest BCUT2D eigenvalue weighted by Gasteiger charge is 2.11. The maximum absolute atomic E-state index is 10.6. The fourth-order valence-electron chi connectivity index (χ4n) is 0.323. The molecular formula is C6H11NO3. The summed E-state index contributed by atoms with van der Waals surface area (Å²) in [6.07, 6.45) is 1.43. The summed E-state index contributed by atoms with van der Waals surface area (Å²) >= 11 is 0. The van der Waals surface area contributed by atoms with Crippen LogP contribution < -0.4 is 5.73 Å². The Hall–Kier alpha value is -0.870. The van der Waals surface area contributed by atoms with Crippen molar-refractivity contribution in [1.82, 2.24) is 0 Å². The van der Waals surface area contributed by atoms with E-state index in [4.69, 9.17) is 10.8 Å². The predicted octanol–water partition coefficient (Wildman–Crippen LogP) is -0.965. The number of rotatable bonds is 4. The highest BCUT2D eigenvalue weighted by molar-refractivity contribution is 5.75. The van der Waals surface area contributed by atoms with Gasteiger partial charge in [0.15, 0.2) is 0 Å². The lowest BCUT2D eigenvalue weighted by Crippen LogP contribution is -2.35. The molecule has 0 unspecified atom stereocenters. The van der Waals surface area contributed by atoms with Gasteiger partial charge in [-0.1, -0.05) is 12.7 Å². The molecule has 0 amide bonds. The van der Waals surface area contributed by atoms with E-state index in [1.165, 1.54) is 6.08 Å². The second-order valence-electron chi connectivity index (χ2n) is 1.71. The number of hydrogen-bond acceptors (Lipinski definition) is 4. The lowest BCUT2D eigenvalue weighted by molar-refractivity contribution is -0.144. The molecule has 0 saturated carbocycles. The summed E-state index contributed by atoms with van der Waals surface area (Å²) in [6, 6.07) is -0.931. The van der Waals surface area contributed by atoms with Gasteiger partial charge in [-0.3, -0.25) is 4.79 Å². The fourth-order valence-corrected chi connectivity index (χ4v) is 0.323. The van der Waals surface area contributed by atoms with E-state index in [0.29, 0.717) is 0 Å². The van der Waals surface area contributed by atoms with Crippen LogP contribution in [0.4, 0.5) is 0 Å². The van der Waals surface area contributed by atoms with Crippen LogP contribution in [0.3, 0.4) is 0 Å². The summed E-state index contributed by atoms with van der Waals surface area (Å²) in [6.45, 7) is 3.08. The van der Waals surface area contributed by atoms with E-state index in [1.54, 1.807) is 0 Å². The first kappa shape index (κ1) is 9.13. The maximum Gasteiger partial charge on any atom is 0.325 e. The van der Waals surface area contributed by atoms with Gasteiger partial charge in [0.25, 0.3) is 0 Å². The van der Waals surface area contributed by atoms with Gasteiger partial charge in [-0.25, -0.2) is 0 Å². The van der Waals surface area contributed by atoms with Gasteiger partial charge in [0.05, 0.1) is 6.61 Å². The molecule has 58 valence electrons. The largest absolute Gasteiger partial charge is 0.460 e. The minimum Gasteiger partial charge on any atom is -0.460 e. The smallest absolute Gasteiger partial charge is 0.325 e. The van der Waals surface area contributed by atoms with Gasteiger partial charge in [0.2, 0.25) is 0 Å². The molecule has 0 aliphatic rings. The van der Waals surface area contributed by atoms with Crippen molar-refractivity contribution < 1.29 is 14.6 Å². The second kappa shape index (κ2) is 4.96. The quantitative estimate of drug-likeness (QED) is 0.394. The van der Waals surface area contributed by atoms with Crippen LogP contribution in [0.5, 0.6) is 0 Å². The van der Waals surface area contributed by atoms with Crippen LogP contribution in [0.15, 0.2) is 12.7 Å². The van der Waals surface area contributed by atoms with Crippen molar-refractivity contribution in [3.05, 3.63) is 12.7 Å². The highest BCUT2D eigenvalue weighted by Crippen LogP contribution is 1.83. The van der Waals surface area contributed by atoms with Crippen molar-refractivity contribution in [3.8, 4) is 0 Å². The van der Waals surface area contributed by atoms with E-state index >= 15 is 0 Å². The average molecular weight is 145 g/mol. The van der Waals surface area contributed by atoms with Gasteiger partial charge in [-0.05, 0) is 0 Å². The van der Waals surface area contributed by atoms with Crippen LogP contribution in [-0.2, 0) is 9.53 Å². The van der Waals surface area contributed by atoms with Crippen LogP contribution in [0, 0.1) is 0 Å². The molecule has 3 N–H and O–H groups in total. The summed E-state index contributed by atoms with van der Waals surface area (Å²) in [4.78, 5) is 10.6. The number of aliphatic hydroxyl groups excluding tert-OH is 1. The Labute approximate surface area is 59.3 Å². The molecule has 0 bridgehead atoms. The Morgan fingerprint density at radius 2 is 2.50 bits per heavy atom. The molecule has 4 nitrogen and oxygen atoms in total. The zero-order chi connectivity index (χ0) is 7.98. The SMILES string of the molecule is C=CCOC(=O)[C@@H](N)CO. The van der Waals surface area contributed by atoms with Gasteiger partial charge >= 0.3 is 5.97 Å². The Kier molecular flexibility index (Phi) is 4.53. The van der Waals surface area contributed by atoms with E-state index in [1.807, 2.05) is 0 Å². The molecule has 0 aromatic heterocycles. The Bertz CT molecular complexity index is 124.